The quantitative estimate of drug-likeness (QED) is 0.803. The van der Waals surface area contributed by atoms with Gasteiger partial charge in [-0.2, -0.15) is 5.26 Å². The maximum atomic E-state index is 12.1. The predicted molar refractivity (Wildman–Crippen MR) is 84.3 cm³/mol. The number of furan rings is 1. The van der Waals surface area contributed by atoms with E-state index in [2.05, 4.69) is 10.3 Å². The molecule has 0 atom stereocenters. The highest BCUT2D eigenvalue weighted by atomic mass is 16.3. The summed E-state index contributed by atoms with van der Waals surface area (Å²) in [4.78, 5) is 16.3. The monoisotopic (exact) mass is 303 g/mol. The number of pyridine rings is 1. The molecule has 3 aromatic rings. The molecule has 0 bridgehead atoms. The molecule has 5 heteroatoms. The van der Waals surface area contributed by atoms with Gasteiger partial charge in [-0.25, -0.2) is 0 Å². The van der Waals surface area contributed by atoms with Gasteiger partial charge < -0.3 is 9.73 Å². The van der Waals surface area contributed by atoms with Gasteiger partial charge in [-0.05, 0) is 48.0 Å². The number of hydrogen-bond acceptors (Lipinski definition) is 4. The highest BCUT2D eigenvalue weighted by Crippen LogP contribution is 2.19. The van der Waals surface area contributed by atoms with Crippen LogP contribution in [-0.4, -0.2) is 10.9 Å². The standard InChI is InChI=1S/C18H13N3O2/c19-9-13-3-5-15(6-4-13)18(22)21-11-14-8-16(12-20-10-14)17-2-1-7-23-17/h1-8,10,12H,11H2,(H,21,22). The molecular weight excluding hydrogens is 290 g/mol. The largest absolute Gasteiger partial charge is 0.464 e. The van der Waals surface area contributed by atoms with E-state index in [9.17, 15) is 4.79 Å². The number of rotatable bonds is 4. The molecule has 0 saturated carbocycles. The zero-order valence-corrected chi connectivity index (χ0v) is 12.2. The van der Waals surface area contributed by atoms with Crippen LogP contribution in [0.5, 0.6) is 0 Å². The molecule has 23 heavy (non-hydrogen) atoms. The number of nitrogens with zero attached hydrogens (tertiary/aromatic N) is 2. The normalized spacial score (nSPS) is 10.0. The summed E-state index contributed by atoms with van der Waals surface area (Å²) in [5.41, 5.74) is 2.78. The third-order valence-electron chi connectivity index (χ3n) is 3.33. The van der Waals surface area contributed by atoms with E-state index in [1.165, 1.54) is 0 Å². The lowest BCUT2D eigenvalue weighted by Crippen LogP contribution is -2.22. The van der Waals surface area contributed by atoms with Gasteiger partial charge in [0, 0.05) is 30.1 Å². The second-order valence-electron chi connectivity index (χ2n) is 4.93. The minimum absolute atomic E-state index is 0.196. The summed E-state index contributed by atoms with van der Waals surface area (Å²) in [6, 6.07) is 14.1. The zero-order chi connectivity index (χ0) is 16.1. The fourth-order valence-corrected chi connectivity index (χ4v) is 2.14. The van der Waals surface area contributed by atoms with Crippen molar-refractivity contribution >= 4 is 5.91 Å². The van der Waals surface area contributed by atoms with Crippen molar-refractivity contribution in [3.63, 3.8) is 0 Å². The molecule has 0 radical (unpaired) electrons. The summed E-state index contributed by atoms with van der Waals surface area (Å²) in [5.74, 6) is 0.538. The summed E-state index contributed by atoms with van der Waals surface area (Å²) in [7, 11) is 0. The van der Waals surface area contributed by atoms with Crippen LogP contribution in [0.3, 0.4) is 0 Å². The minimum Gasteiger partial charge on any atom is -0.464 e. The van der Waals surface area contributed by atoms with Crippen LogP contribution in [0, 0.1) is 11.3 Å². The first-order valence-corrected chi connectivity index (χ1v) is 7.02. The summed E-state index contributed by atoms with van der Waals surface area (Å²) in [5, 5.41) is 11.6. The number of aromatic nitrogens is 1. The van der Waals surface area contributed by atoms with Crippen LogP contribution in [0.25, 0.3) is 11.3 Å². The number of benzene rings is 1. The summed E-state index contributed by atoms with van der Waals surface area (Å²) >= 11 is 0. The van der Waals surface area contributed by atoms with Gasteiger partial charge in [0.25, 0.3) is 5.91 Å². The molecule has 2 heterocycles. The van der Waals surface area contributed by atoms with Crippen molar-refractivity contribution in [1.82, 2.24) is 10.3 Å². The molecule has 0 aliphatic rings. The first-order valence-electron chi connectivity index (χ1n) is 7.02. The fraction of sp³-hybridized carbons (Fsp3) is 0.0556. The van der Waals surface area contributed by atoms with E-state index in [4.69, 9.17) is 9.68 Å². The van der Waals surface area contributed by atoms with Crippen molar-refractivity contribution in [3.8, 4) is 17.4 Å². The number of nitrogens with one attached hydrogen (secondary N) is 1. The van der Waals surface area contributed by atoms with Crippen LogP contribution in [0.1, 0.15) is 21.5 Å². The Hall–Kier alpha value is -3.39. The molecule has 112 valence electrons. The predicted octanol–water partition coefficient (Wildman–Crippen LogP) is 3.14. The molecule has 3 rings (SSSR count). The highest BCUT2D eigenvalue weighted by molar-refractivity contribution is 5.94. The maximum Gasteiger partial charge on any atom is 0.251 e. The van der Waals surface area contributed by atoms with Crippen LogP contribution in [0.4, 0.5) is 0 Å². The third-order valence-corrected chi connectivity index (χ3v) is 3.33. The van der Waals surface area contributed by atoms with Gasteiger partial charge in [0.05, 0.1) is 17.9 Å². The average Bonchev–Trinajstić information content (AvgIpc) is 3.15. The van der Waals surface area contributed by atoms with E-state index in [0.717, 1.165) is 16.9 Å². The highest BCUT2D eigenvalue weighted by Gasteiger charge is 2.07. The number of carbonyl (C=O) groups is 1. The maximum absolute atomic E-state index is 12.1. The molecule has 1 aromatic carbocycles. The second-order valence-corrected chi connectivity index (χ2v) is 4.93. The van der Waals surface area contributed by atoms with Gasteiger partial charge in [0.2, 0.25) is 0 Å². The Morgan fingerprint density at radius 2 is 2.04 bits per heavy atom. The minimum atomic E-state index is -0.196. The van der Waals surface area contributed by atoms with Crippen molar-refractivity contribution in [2.75, 3.05) is 0 Å². The van der Waals surface area contributed by atoms with E-state index in [1.807, 2.05) is 24.3 Å². The van der Waals surface area contributed by atoms with E-state index in [1.54, 1.807) is 42.9 Å². The van der Waals surface area contributed by atoms with Gasteiger partial charge in [-0.1, -0.05) is 0 Å². The molecule has 2 aromatic heterocycles. The lowest BCUT2D eigenvalue weighted by molar-refractivity contribution is 0.0951. The molecule has 0 aliphatic heterocycles. The Morgan fingerprint density at radius 1 is 1.22 bits per heavy atom. The van der Waals surface area contributed by atoms with Gasteiger partial charge >= 0.3 is 0 Å². The third kappa shape index (κ3) is 3.44. The molecular formula is C18H13N3O2. The molecule has 1 N–H and O–H groups in total. The SMILES string of the molecule is N#Cc1ccc(C(=O)NCc2cncc(-c3ccco3)c2)cc1. The molecule has 0 spiro atoms. The van der Waals surface area contributed by atoms with E-state index < -0.39 is 0 Å². The van der Waals surface area contributed by atoms with Crippen molar-refractivity contribution in [2.24, 2.45) is 0 Å². The molecule has 1 amide bonds. The fourth-order valence-electron chi connectivity index (χ4n) is 2.14. The first-order chi connectivity index (χ1) is 11.3. The topological polar surface area (TPSA) is 78.9 Å². The summed E-state index contributed by atoms with van der Waals surface area (Å²) in [6.45, 7) is 0.361. The molecule has 0 unspecified atom stereocenters. The molecule has 0 aliphatic carbocycles. The second kappa shape index (κ2) is 6.58. The summed E-state index contributed by atoms with van der Waals surface area (Å²) in [6.07, 6.45) is 5.02. The summed E-state index contributed by atoms with van der Waals surface area (Å²) < 4.78 is 5.34. The molecule has 0 fully saturated rings. The van der Waals surface area contributed by atoms with Crippen LogP contribution >= 0.6 is 0 Å². The Kier molecular flexibility index (Phi) is 4.16. The van der Waals surface area contributed by atoms with Crippen LogP contribution in [0.15, 0.2) is 65.5 Å². The lowest BCUT2D eigenvalue weighted by Gasteiger charge is -2.06. The lowest BCUT2D eigenvalue weighted by atomic mass is 10.1. The number of carbonyl (C=O) groups excluding carboxylic acids is 1. The Bertz CT molecular complexity index is 847. The molecule has 0 saturated heterocycles. The van der Waals surface area contributed by atoms with Crippen LogP contribution < -0.4 is 5.32 Å². The van der Waals surface area contributed by atoms with E-state index >= 15 is 0 Å². The Balaban J connectivity index is 1.67. The van der Waals surface area contributed by atoms with Gasteiger partial charge in [-0.15, -0.1) is 0 Å². The van der Waals surface area contributed by atoms with Crippen molar-refractivity contribution in [1.29, 1.82) is 5.26 Å². The van der Waals surface area contributed by atoms with Crippen molar-refractivity contribution < 1.29 is 9.21 Å². The average molecular weight is 303 g/mol. The van der Waals surface area contributed by atoms with E-state index in [-0.39, 0.29) is 5.91 Å². The van der Waals surface area contributed by atoms with Crippen LogP contribution in [0.2, 0.25) is 0 Å². The smallest absolute Gasteiger partial charge is 0.251 e. The number of amides is 1. The van der Waals surface area contributed by atoms with Crippen molar-refractivity contribution in [3.05, 3.63) is 77.8 Å². The van der Waals surface area contributed by atoms with Gasteiger partial charge in [0.15, 0.2) is 0 Å². The van der Waals surface area contributed by atoms with Crippen LogP contribution in [-0.2, 0) is 6.54 Å². The first kappa shape index (κ1) is 14.5. The molecule has 5 nitrogen and oxygen atoms in total. The van der Waals surface area contributed by atoms with Gasteiger partial charge in [-0.3, -0.25) is 9.78 Å². The van der Waals surface area contributed by atoms with Crippen molar-refractivity contribution in [2.45, 2.75) is 6.54 Å². The number of hydrogen-bond donors (Lipinski definition) is 1. The number of nitriles is 1. The Morgan fingerprint density at radius 3 is 2.74 bits per heavy atom. The Labute approximate surface area is 133 Å². The van der Waals surface area contributed by atoms with Gasteiger partial charge in [0.1, 0.15) is 5.76 Å². The van der Waals surface area contributed by atoms with E-state index in [0.29, 0.717) is 17.7 Å². The zero-order valence-electron chi connectivity index (χ0n) is 12.2.